The van der Waals surface area contributed by atoms with Gasteiger partial charge in [-0.3, -0.25) is 0 Å². The van der Waals surface area contributed by atoms with Gasteiger partial charge in [-0.25, -0.2) is 0 Å². The van der Waals surface area contributed by atoms with Crippen LogP contribution in [0.3, 0.4) is 0 Å². The summed E-state index contributed by atoms with van der Waals surface area (Å²) >= 11 is 0. The highest BCUT2D eigenvalue weighted by Gasteiger charge is 2.10. The molecule has 0 amide bonds. The van der Waals surface area contributed by atoms with Crippen molar-refractivity contribution in [2.24, 2.45) is 0 Å². The predicted molar refractivity (Wildman–Crippen MR) is 103 cm³/mol. The van der Waals surface area contributed by atoms with Crippen molar-refractivity contribution in [2.45, 2.75) is 19.3 Å². The Morgan fingerprint density at radius 1 is 0.880 bits per heavy atom. The van der Waals surface area contributed by atoms with Crippen LogP contribution in [0.1, 0.15) is 22.3 Å². The van der Waals surface area contributed by atoms with Crippen LogP contribution in [-0.4, -0.2) is 26.4 Å². The molecule has 0 fully saturated rings. The minimum atomic E-state index is -0.111. The van der Waals surface area contributed by atoms with E-state index in [9.17, 15) is 0 Å². The highest BCUT2D eigenvalue weighted by molar-refractivity contribution is 5.48. The van der Waals surface area contributed by atoms with E-state index < -0.39 is 0 Å². The molecule has 2 rings (SSSR count). The van der Waals surface area contributed by atoms with Crippen LogP contribution >= 0.6 is 0 Å². The first-order chi connectivity index (χ1) is 12.2. The van der Waals surface area contributed by atoms with Gasteiger partial charge >= 0.3 is 0 Å². The first-order valence-electron chi connectivity index (χ1n) is 8.36. The Morgan fingerprint density at radius 3 is 2.04 bits per heavy atom. The van der Waals surface area contributed by atoms with E-state index >= 15 is 0 Å². The Kier molecular flexibility index (Phi) is 8.13. The van der Waals surface area contributed by atoms with Gasteiger partial charge in [0.2, 0.25) is 0 Å². The number of ether oxygens (including phenoxy) is 3. The van der Waals surface area contributed by atoms with E-state index in [1.807, 2.05) is 48.6 Å². The molecule has 2 aromatic rings. The van der Waals surface area contributed by atoms with Crippen LogP contribution in [0.2, 0.25) is 0 Å². The van der Waals surface area contributed by atoms with Crippen molar-refractivity contribution in [3.8, 4) is 0 Å². The summed E-state index contributed by atoms with van der Waals surface area (Å²) in [6.07, 6.45) is 3.55. The molecule has 3 heteroatoms. The number of benzene rings is 2. The van der Waals surface area contributed by atoms with E-state index in [4.69, 9.17) is 14.2 Å². The molecule has 0 radical (unpaired) electrons. The van der Waals surface area contributed by atoms with E-state index in [0.717, 1.165) is 22.3 Å². The summed E-state index contributed by atoms with van der Waals surface area (Å²) < 4.78 is 17.0. The van der Waals surface area contributed by atoms with Crippen molar-refractivity contribution in [1.29, 1.82) is 0 Å². The van der Waals surface area contributed by atoms with Gasteiger partial charge in [0.05, 0.1) is 26.4 Å². The fourth-order valence-corrected chi connectivity index (χ4v) is 2.47. The van der Waals surface area contributed by atoms with Gasteiger partial charge in [-0.15, -0.1) is 0 Å². The maximum atomic E-state index is 5.95. The van der Waals surface area contributed by atoms with Crippen molar-refractivity contribution in [3.05, 3.63) is 83.9 Å². The second-order valence-corrected chi connectivity index (χ2v) is 5.80. The van der Waals surface area contributed by atoms with Gasteiger partial charge in [0.15, 0.2) is 0 Å². The van der Waals surface area contributed by atoms with Gasteiger partial charge in [0, 0.05) is 7.11 Å². The maximum absolute atomic E-state index is 5.95. The van der Waals surface area contributed by atoms with E-state index in [1.54, 1.807) is 7.11 Å². The number of hydrogen-bond donors (Lipinski definition) is 0. The predicted octanol–water partition coefficient (Wildman–Crippen LogP) is 4.72. The molecular formula is C22H26O3. The van der Waals surface area contributed by atoms with E-state index in [-0.39, 0.29) is 6.10 Å². The van der Waals surface area contributed by atoms with E-state index in [0.29, 0.717) is 26.4 Å². The molecule has 1 atom stereocenters. The first-order valence-corrected chi connectivity index (χ1v) is 8.36. The van der Waals surface area contributed by atoms with Crippen LogP contribution < -0.4 is 0 Å². The standard InChI is InChI=1S/C22H26O3/c1-4-18-8-6-10-20(12-18)14-24-17-22(16-23-3)25-15-21-11-7-9-19(5-2)13-21/h4-13,22H,1-2,14-17H2,3H3. The zero-order valence-electron chi connectivity index (χ0n) is 14.8. The number of methoxy groups -OCH3 is 1. The maximum Gasteiger partial charge on any atom is 0.105 e. The minimum absolute atomic E-state index is 0.111. The second-order valence-electron chi connectivity index (χ2n) is 5.80. The summed E-state index contributed by atoms with van der Waals surface area (Å²) in [4.78, 5) is 0. The monoisotopic (exact) mass is 338 g/mol. The highest BCUT2D eigenvalue weighted by Crippen LogP contribution is 2.11. The van der Waals surface area contributed by atoms with E-state index in [2.05, 4.69) is 25.3 Å². The summed E-state index contributed by atoms with van der Waals surface area (Å²) in [6.45, 7) is 9.61. The van der Waals surface area contributed by atoms with Gasteiger partial charge < -0.3 is 14.2 Å². The van der Waals surface area contributed by atoms with Crippen LogP contribution in [0.4, 0.5) is 0 Å². The highest BCUT2D eigenvalue weighted by atomic mass is 16.6. The third kappa shape index (κ3) is 6.67. The summed E-state index contributed by atoms with van der Waals surface area (Å²) in [5.41, 5.74) is 4.40. The fraction of sp³-hybridized carbons (Fsp3) is 0.273. The first kappa shape index (κ1) is 19.1. The third-order valence-corrected chi connectivity index (χ3v) is 3.78. The molecule has 1 unspecified atom stereocenters. The summed E-state index contributed by atoms with van der Waals surface area (Å²) in [5, 5.41) is 0. The Morgan fingerprint density at radius 2 is 1.48 bits per heavy atom. The zero-order chi connectivity index (χ0) is 17.9. The van der Waals surface area contributed by atoms with Gasteiger partial charge in [-0.05, 0) is 34.4 Å². The van der Waals surface area contributed by atoms with Crippen molar-refractivity contribution >= 4 is 12.2 Å². The topological polar surface area (TPSA) is 27.7 Å². The quantitative estimate of drug-likeness (QED) is 0.593. The SMILES string of the molecule is C=Cc1cccc(COCC(COC)OCc2cccc(C=C)c2)c1. The average molecular weight is 338 g/mol. The average Bonchev–Trinajstić information content (AvgIpc) is 2.66. The third-order valence-electron chi connectivity index (χ3n) is 3.78. The molecule has 25 heavy (non-hydrogen) atoms. The molecule has 0 heterocycles. The molecule has 0 aliphatic heterocycles. The molecule has 0 N–H and O–H groups in total. The molecule has 132 valence electrons. The lowest BCUT2D eigenvalue weighted by Crippen LogP contribution is -2.25. The van der Waals surface area contributed by atoms with Crippen LogP contribution in [-0.2, 0) is 27.4 Å². The summed E-state index contributed by atoms with van der Waals surface area (Å²) in [7, 11) is 1.67. The van der Waals surface area contributed by atoms with Crippen molar-refractivity contribution in [1.82, 2.24) is 0 Å². The van der Waals surface area contributed by atoms with Crippen LogP contribution in [0.5, 0.6) is 0 Å². The molecule has 2 aromatic carbocycles. The molecule has 0 saturated carbocycles. The van der Waals surface area contributed by atoms with Crippen molar-refractivity contribution in [3.63, 3.8) is 0 Å². The summed E-state index contributed by atoms with van der Waals surface area (Å²) in [5.74, 6) is 0. The molecule has 0 saturated heterocycles. The Balaban J connectivity index is 1.83. The van der Waals surface area contributed by atoms with Crippen LogP contribution in [0.15, 0.2) is 61.7 Å². The van der Waals surface area contributed by atoms with Crippen LogP contribution in [0, 0.1) is 0 Å². The number of rotatable bonds is 11. The van der Waals surface area contributed by atoms with Gasteiger partial charge in [-0.2, -0.15) is 0 Å². The lowest BCUT2D eigenvalue weighted by molar-refractivity contribution is -0.0618. The zero-order valence-corrected chi connectivity index (χ0v) is 14.8. The Hall–Kier alpha value is -2.20. The van der Waals surface area contributed by atoms with Gasteiger partial charge in [-0.1, -0.05) is 61.7 Å². The van der Waals surface area contributed by atoms with Crippen molar-refractivity contribution < 1.29 is 14.2 Å². The molecule has 3 nitrogen and oxygen atoms in total. The molecule has 0 aliphatic carbocycles. The smallest absolute Gasteiger partial charge is 0.105 e. The molecule has 0 bridgehead atoms. The normalized spacial score (nSPS) is 11.9. The lowest BCUT2D eigenvalue weighted by Gasteiger charge is -2.17. The minimum Gasteiger partial charge on any atom is -0.382 e. The van der Waals surface area contributed by atoms with E-state index in [1.165, 1.54) is 0 Å². The molecule has 0 aromatic heterocycles. The Labute approximate surface area is 150 Å². The van der Waals surface area contributed by atoms with Crippen molar-refractivity contribution in [2.75, 3.05) is 20.3 Å². The second kappa shape index (κ2) is 10.6. The largest absolute Gasteiger partial charge is 0.382 e. The summed E-state index contributed by atoms with van der Waals surface area (Å²) in [6, 6.07) is 16.3. The lowest BCUT2D eigenvalue weighted by atomic mass is 10.1. The van der Waals surface area contributed by atoms with Crippen LogP contribution in [0.25, 0.3) is 12.2 Å². The Bertz CT molecular complexity index is 678. The molecule has 0 spiro atoms. The van der Waals surface area contributed by atoms with Gasteiger partial charge in [0.1, 0.15) is 6.10 Å². The molecule has 0 aliphatic rings. The molecular weight excluding hydrogens is 312 g/mol. The van der Waals surface area contributed by atoms with Gasteiger partial charge in [0.25, 0.3) is 0 Å². The fourth-order valence-electron chi connectivity index (χ4n) is 2.47. The number of hydrogen-bond acceptors (Lipinski definition) is 3.